The summed E-state index contributed by atoms with van der Waals surface area (Å²) in [6.45, 7) is 1.54. The highest BCUT2D eigenvalue weighted by atomic mass is 32.2. The number of esters is 1. The zero-order valence-corrected chi connectivity index (χ0v) is 12.6. The first-order valence-corrected chi connectivity index (χ1v) is 8.07. The Morgan fingerprint density at radius 1 is 1.50 bits per heavy atom. The van der Waals surface area contributed by atoms with Gasteiger partial charge in [0.15, 0.2) is 0 Å². The van der Waals surface area contributed by atoms with Gasteiger partial charge in [0.2, 0.25) is 15.5 Å². The number of nitro benzene ring substituents is 1. The normalized spacial score (nSPS) is 11.5. The number of non-ortho nitro benzene ring substituents is 1. The average molecular weight is 347 g/mol. The van der Waals surface area contributed by atoms with Crippen LogP contribution in [0, 0.1) is 15.3 Å². The van der Waals surface area contributed by atoms with Gasteiger partial charge in [0.1, 0.15) is 9.60 Å². The van der Waals surface area contributed by atoms with E-state index in [9.17, 15) is 28.5 Å². The van der Waals surface area contributed by atoms with Crippen molar-refractivity contribution in [3.63, 3.8) is 0 Å². The van der Waals surface area contributed by atoms with Crippen LogP contribution in [0.2, 0.25) is 0 Å². The van der Waals surface area contributed by atoms with Crippen LogP contribution in [0.5, 0.6) is 0 Å². The molecule has 0 saturated carbocycles. The van der Waals surface area contributed by atoms with Crippen LogP contribution in [-0.2, 0) is 14.8 Å². The van der Waals surface area contributed by atoms with Crippen LogP contribution >= 0.6 is 11.3 Å². The van der Waals surface area contributed by atoms with Crippen molar-refractivity contribution >= 4 is 43.2 Å². The Morgan fingerprint density at radius 2 is 2.14 bits per heavy atom. The molecule has 0 unspecified atom stereocenters. The van der Waals surface area contributed by atoms with Gasteiger partial charge >= 0.3 is 11.0 Å². The summed E-state index contributed by atoms with van der Waals surface area (Å²) in [5.74, 6) is -0.957. The topological polar surface area (TPSA) is 157 Å². The highest BCUT2D eigenvalue weighted by Crippen LogP contribution is 2.31. The smallest absolute Gasteiger partial charge is 0.416 e. The van der Waals surface area contributed by atoms with Crippen molar-refractivity contribution in [3.8, 4) is 0 Å². The molecule has 10 nitrogen and oxygen atoms in total. The van der Waals surface area contributed by atoms with Gasteiger partial charge in [0.25, 0.3) is 5.69 Å². The number of carbonyl (C=O) groups excluding carboxylic acids is 1. The van der Waals surface area contributed by atoms with Crippen molar-refractivity contribution in [2.45, 2.75) is 11.8 Å². The first-order valence-electron chi connectivity index (χ1n) is 5.71. The Bertz CT molecular complexity index is 888. The van der Waals surface area contributed by atoms with Gasteiger partial charge in [0, 0.05) is 6.07 Å². The number of ether oxygens (including phenoxy) is 1. The minimum Gasteiger partial charge on any atom is -0.617 e. The largest absolute Gasteiger partial charge is 0.617 e. The van der Waals surface area contributed by atoms with E-state index >= 15 is 0 Å². The Labute approximate surface area is 127 Å². The number of fused-ring (bicyclic) bond motifs is 1. The number of rotatable bonds is 4. The summed E-state index contributed by atoms with van der Waals surface area (Å²) in [6.07, 6.45) is 0. The number of aromatic nitrogens is 1. The summed E-state index contributed by atoms with van der Waals surface area (Å²) in [5, 5.41) is 27.5. The van der Waals surface area contributed by atoms with E-state index < -0.39 is 36.5 Å². The molecule has 0 radical (unpaired) electrons. The molecule has 0 fully saturated rings. The van der Waals surface area contributed by atoms with Gasteiger partial charge in [-0.2, -0.15) is 0 Å². The van der Waals surface area contributed by atoms with Gasteiger partial charge in [-0.05, 0) is 6.92 Å². The number of nitrogens with two attached hydrogens (primary N) is 1. The summed E-state index contributed by atoms with van der Waals surface area (Å²) in [4.78, 5) is 21.1. The second-order valence-electron chi connectivity index (χ2n) is 4.02. The van der Waals surface area contributed by atoms with Gasteiger partial charge in [-0.25, -0.2) is 18.4 Å². The number of thiazole rings is 1. The summed E-state index contributed by atoms with van der Waals surface area (Å²) in [6, 6.07) is 1.61. The van der Waals surface area contributed by atoms with Gasteiger partial charge in [-0.15, -0.1) is 4.73 Å². The number of benzene rings is 1. The van der Waals surface area contributed by atoms with Crippen LogP contribution in [0.25, 0.3) is 10.2 Å². The van der Waals surface area contributed by atoms with Crippen molar-refractivity contribution in [2.75, 3.05) is 6.61 Å². The van der Waals surface area contributed by atoms with Crippen molar-refractivity contribution in [2.24, 2.45) is 5.14 Å². The fraction of sp³-hybridized carbons (Fsp3) is 0.200. The van der Waals surface area contributed by atoms with Gasteiger partial charge in [0.05, 0.1) is 17.6 Å². The van der Waals surface area contributed by atoms with Gasteiger partial charge < -0.3 is 9.94 Å². The molecule has 0 aliphatic rings. The van der Waals surface area contributed by atoms with E-state index in [1.807, 2.05) is 0 Å². The molecule has 0 amide bonds. The Balaban J connectivity index is 2.86. The zero-order chi connectivity index (χ0) is 16.7. The molecule has 0 aliphatic carbocycles. The van der Waals surface area contributed by atoms with E-state index in [-0.39, 0.29) is 21.6 Å². The number of primary sulfonamides is 1. The quantitative estimate of drug-likeness (QED) is 0.273. The van der Waals surface area contributed by atoms with Gasteiger partial charge in [-0.1, -0.05) is 11.3 Å². The predicted molar refractivity (Wildman–Crippen MR) is 74.8 cm³/mol. The SMILES string of the molecule is CCOC(=O)c1sc2c(S(N)(=O)=O)cc([N+](=O)[O-])cc2[n+]1[O-]. The summed E-state index contributed by atoms with van der Waals surface area (Å²) in [7, 11) is -4.33. The lowest BCUT2D eigenvalue weighted by Gasteiger charge is -2.00. The van der Waals surface area contributed by atoms with Crippen molar-refractivity contribution in [3.05, 3.63) is 32.5 Å². The Kier molecular flexibility index (Phi) is 4.00. The molecule has 0 spiro atoms. The van der Waals surface area contributed by atoms with E-state index in [1.54, 1.807) is 0 Å². The third-order valence-corrected chi connectivity index (χ3v) is 4.81. The molecule has 2 rings (SSSR count). The molecule has 0 atom stereocenters. The molecule has 0 aliphatic heterocycles. The highest BCUT2D eigenvalue weighted by molar-refractivity contribution is 7.89. The molecule has 12 heteroatoms. The van der Waals surface area contributed by atoms with E-state index in [2.05, 4.69) is 4.74 Å². The molecule has 22 heavy (non-hydrogen) atoms. The van der Waals surface area contributed by atoms with Gasteiger partial charge in [-0.3, -0.25) is 10.1 Å². The van der Waals surface area contributed by atoms with Crippen molar-refractivity contribution < 1.29 is 27.6 Å². The third-order valence-electron chi connectivity index (χ3n) is 2.59. The predicted octanol–water partition coefficient (Wildman–Crippen LogP) is 0.267. The molecular formula is C10H9N3O7S2. The molecule has 1 heterocycles. The van der Waals surface area contributed by atoms with Crippen LogP contribution in [0.1, 0.15) is 16.7 Å². The second-order valence-corrected chi connectivity index (χ2v) is 6.55. The lowest BCUT2D eigenvalue weighted by Crippen LogP contribution is -2.32. The fourth-order valence-corrected chi connectivity index (χ4v) is 3.75. The molecule has 0 bridgehead atoms. The minimum atomic E-state index is -4.33. The van der Waals surface area contributed by atoms with Crippen LogP contribution < -0.4 is 9.87 Å². The lowest BCUT2D eigenvalue weighted by atomic mass is 10.3. The number of hydrogen-bond acceptors (Lipinski definition) is 8. The Hall–Kier alpha value is -2.31. The molecule has 1 aromatic heterocycles. The monoisotopic (exact) mass is 347 g/mol. The van der Waals surface area contributed by atoms with Crippen LogP contribution in [-0.4, -0.2) is 25.9 Å². The van der Waals surface area contributed by atoms with E-state index in [0.29, 0.717) is 11.3 Å². The molecule has 2 aromatic rings. The number of nitrogens with zero attached hydrogens (tertiary/aromatic N) is 2. The summed E-state index contributed by atoms with van der Waals surface area (Å²) < 4.78 is 27.8. The second kappa shape index (κ2) is 5.47. The van der Waals surface area contributed by atoms with Crippen LogP contribution in [0.15, 0.2) is 17.0 Å². The maximum absolute atomic E-state index is 12.1. The number of sulfonamides is 1. The van der Waals surface area contributed by atoms with E-state index in [0.717, 1.165) is 12.1 Å². The molecule has 118 valence electrons. The van der Waals surface area contributed by atoms with Crippen molar-refractivity contribution in [1.29, 1.82) is 0 Å². The first kappa shape index (κ1) is 16.1. The minimum absolute atomic E-state index is 0.00920. The molecule has 0 saturated heterocycles. The first-order chi connectivity index (χ1) is 10.2. The highest BCUT2D eigenvalue weighted by Gasteiger charge is 2.31. The summed E-state index contributed by atoms with van der Waals surface area (Å²) in [5.41, 5.74) is -0.972. The van der Waals surface area contributed by atoms with Crippen molar-refractivity contribution in [1.82, 2.24) is 0 Å². The Morgan fingerprint density at radius 3 is 2.64 bits per heavy atom. The number of carbonyl (C=O) groups is 1. The number of nitro groups is 1. The third kappa shape index (κ3) is 2.70. The van der Waals surface area contributed by atoms with Crippen LogP contribution in [0.3, 0.4) is 0 Å². The van der Waals surface area contributed by atoms with E-state index in [4.69, 9.17) is 5.14 Å². The fourth-order valence-electron chi connectivity index (χ4n) is 1.71. The lowest BCUT2D eigenvalue weighted by molar-refractivity contribution is -0.575. The maximum Gasteiger partial charge on any atom is 0.416 e. The van der Waals surface area contributed by atoms with E-state index in [1.165, 1.54) is 6.92 Å². The zero-order valence-electron chi connectivity index (χ0n) is 11.0. The maximum atomic E-state index is 12.1. The molecule has 2 N–H and O–H groups in total. The molecule has 1 aromatic carbocycles. The number of hydrogen-bond donors (Lipinski definition) is 1. The summed E-state index contributed by atoms with van der Waals surface area (Å²) >= 11 is 0.540. The molecular weight excluding hydrogens is 338 g/mol. The average Bonchev–Trinajstić information content (AvgIpc) is 2.74. The standard InChI is InChI=1S/C10H9N3O7S2/c1-2-20-10(14)9-12(15)6-3-5(13(16)17)4-7(8(6)21-9)22(11,18)19/h3-4H,2H2,1H3,(H2,11,18,19). The van der Waals surface area contributed by atoms with Crippen LogP contribution in [0.4, 0.5) is 5.69 Å².